The fourth-order valence-corrected chi connectivity index (χ4v) is 4.35. The van der Waals surface area contributed by atoms with E-state index in [4.69, 9.17) is 0 Å². The second-order valence-electron chi connectivity index (χ2n) is 7.94. The molecule has 2 aliphatic heterocycles. The van der Waals surface area contributed by atoms with E-state index in [0.717, 1.165) is 32.5 Å². The molecule has 0 radical (unpaired) electrons. The van der Waals surface area contributed by atoms with Gasteiger partial charge >= 0.3 is 0 Å². The summed E-state index contributed by atoms with van der Waals surface area (Å²) >= 11 is 0. The lowest BCUT2D eigenvalue weighted by molar-refractivity contribution is 0.0771. The molecule has 1 aromatic rings. The summed E-state index contributed by atoms with van der Waals surface area (Å²) in [6.45, 7) is 5.72. The monoisotopic (exact) mass is 374 g/mol. The van der Waals surface area contributed by atoms with Crippen LogP contribution in [-0.2, 0) is 0 Å². The number of carbonyl (C=O) groups is 2. The molecule has 2 saturated heterocycles. The Morgan fingerprint density at radius 3 is 2.22 bits per heavy atom. The van der Waals surface area contributed by atoms with Crippen LogP contribution in [-0.4, -0.2) is 77.6 Å². The van der Waals surface area contributed by atoms with Crippen LogP contribution >= 0.6 is 0 Å². The van der Waals surface area contributed by atoms with Crippen LogP contribution in [0.5, 0.6) is 0 Å². The zero-order chi connectivity index (χ0) is 19.4. The van der Waals surface area contributed by atoms with Gasteiger partial charge in [0.05, 0.1) is 5.56 Å². The predicted octanol–water partition coefficient (Wildman–Crippen LogP) is 1.27. The van der Waals surface area contributed by atoms with Crippen molar-refractivity contribution >= 4 is 11.7 Å². The molecule has 2 atom stereocenters. The fourth-order valence-electron chi connectivity index (χ4n) is 4.35. The third kappa shape index (κ3) is 4.57. The molecule has 0 spiro atoms. The average molecular weight is 374 g/mol. The van der Waals surface area contributed by atoms with Crippen LogP contribution in [0.3, 0.4) is 0 Å². The van der Waals surface area contributed by atoms with Gasteiger partial charge in [-0.3, -0.25) is 9.59 Å². The van der Waals surface area contributed by atoms with Crippen molar-refractivity contribution in [1.29, 1.82) is 0 Å². The number of ketones is 1. The lowest BCUT2D eigenvalue weighted by Gasteiger charge is -2.33. The van der Waals surface area contributed by atoms with Gasteiger partial charge in [-0.15, -0.1) is 0 Å². The first kappa shape index (κ1) is 20.0. The molecule has 0 aliphatic carbocycles. The van der Waals surface area contributed by atoms with Crippen LogP contribution in [0.15, 0.2) is 24.3 Å². The molecule has 1 amide bonds. The average Bonchev–Trinajstić information content (AvgIpc) is 3.10. The summed E-state index contributed by atoms with van der Waals surface area (Å²) in [5.74, 6) is 0.462. The van der Waals surface area contributed by atoms with Gasteiger partial charge in [0.25, 0.3) is 5.91 Å². The van der Waals surface area contributed by atoms with E-state index in [2.05, 4.69) is 4.90 Å². The van der Waals surface area contributed by atoms with Gasteiger partial charge in [0.15, 0.2) is 5.78 Å². The number of hydrogen-bond donors (Lipinski definition) is 2. The smallest absolute Gasteiger partial charge is 0.254 e. The van der Waals surface area contributed by atoms with Crippen molar-refractivity contribution in [2.45, 2.75) is 19.8 Å². The van der Waals surface area contributed by atoms with Crippen molar-refractivity contribution in [3.05, 3.63) is 35.4 Å². The van der Waals surface area contributed by atoms with E-state index in [1.807, 2.05) is 0 Å². The van der Waals surface area contributed by atoms with E-state index in [-0.39, 0.29) is 36.7 Å². The number of amides is 1. The number of rotatable bonds is 6. The first-order valence-corrected chi connectivity index (χ1v) is 9.86. The highest BCUT2D eigenvalue weighted by molar-refractivity contribution is 6.07. The predicted molar refractivity (Wildman–Crippen MR) is 103 cm³/mol. The molecule has 6 nitrogen and oxygen atoms in total. The second-order valence-corrected chi connectivity index (χ2v) is 7.94. The second kappa shape index (κ2) is 8.95. The maximum Gasteiger partial charge on any atom is 0.254 e. The molecule has 0 bridgehead atoms. The SMILES string of the molecule is CC(=O)c1ccccc1C(=O)N1C[C@@H](CN2CCC(CO)CC2)[C@@H](CO)C1. The number of likely N-dealkylation sites (tertiary alicyclic amines) is 2. The zero-order valence-corrected chi connectivity index (χ0v) is 16.0. The molecule has 2 N–H and O–H groups in total. The van der Waals surface area contributed by atoms with Crippen LogP contribution in [0.4, 0.5) is 0 Å². The van der Waals surface area contributed by atoms with Crippen molar-refractivity contribution < 1.29 is 19.8 Å². The standard InChI is InChI=1S/C21H30N2O4/c1-15(26)19-4-2-3-5-20(19)21(27)23-11-17(18(12-23)14-25)10-22-8-6-16(13-24)7-9-22/h2-5,16-18,24-25H,6-14H2,1H3/t17-,18-/m1/s1. The maximum absolute atomic E-state index is 13.0. The van der Waals surface area contributed by atoms with E-state index in [1.54, 1.807) is 29.2 Å². The van der Waals surface area contributed by atoms with Crippen molar-refractivity contribution in [1.82, 2.24) is 9.80 Å². The van der Waals surface area contributed by atoms with E-state index in [0.29, 0.717) is 30.1 Å². The molecule has 27 heavy (non-hydrogen) atoms. The molecule has 148 valence electrons. The van der Waals surface area contributed by atoms with Gasteiger partial charge in [-0.1, -0.05) is 18.2 Å². The molecule has 2 aliphatic rings. The first-order valence-electron chi connectivity index (χ1n) is 9.86. The summed E-state index contributed by atoms with van der Waals surface area (Å²) in [6, 6.07) is 6.95. The summed E-state index contributed by atoms with van der Waals surface area (Å²) in [5, 5.41) is 19.1. The van der Waals surface area contributed by atoms with Crippen molar-refractivity contribution in [2.24, 2.45) is 17.8 Å². The number of carbonyl (C=O) groups excluding carboxylic acids is 2. The minimum atomic E-state index is -0.124. The number of piperidine rings is 1. The highest BCUT2D eigenvalue weighted by Crippen LogP contribution is 2.28. The van der Waals surface area contributed by atoms with Crippen LogP contribution in [0.2, 0.25) is 0 Å². The van der Waals surface area contributed by atoms with Gasteiger partial charge in [-0.25, -0.2) is 0 Å². The fraction of sp³-hybridized carbons (Fsp3) is 0.619. The van der Waals surface area contributed by atoms with Crippen LogP contribution in [0.25, 0.3) is 0 Å². The molecule has 3 rings (SSSR count). The Bertz CT molecular complexity index is 670. The van der Waals surface area contributed by atoms with E-state index < -0.39 is 0 Å². The maximum atomic E-state index is 13.0. The first-order chi connectivity index (χ1) is 13.0. The normalized spacial score (nSPS) is 24.3. The summed E-state index contributed by atoms with van der Waals surface area (Å²) < 4.78 is 0. The lowest BCUT2D eigenvalue weighted by Crippen LogP contribution is -2.40. The number of aliphatic hydroxyl groups excluding tert-OH is 2. The summed E-state index contributed by atoms with van der Waals surface area (Å²) in [5.41, 5.74) is 0.906. The third-order valence-corrected chi connectivity index (χ3v) is 6.09. The van der Waals surface area contributed by atoms with Gasteiger partial charge in [-0.05, 0) is 50.8 Å². The summed E-state index contributed by atoms with van der Waals surface area (Å²) in [7, 11) is 0. The number of nitrogens with zero attached hydrogens (tertiary/aromatic N) is 2. The highest BCUT2D eigenvalue weighted by atomic mass is 16.3. The Morgan fingerprint density at radius 1 is 1.00 bits per heavy atom. The molecule has 6 heteroatoms. The van der Waals surface area contributed by atoms with Crippen LogP contribution in [0.1, 0.15) is 40.5 Å². The summed E-state index contributed by atoms with van der Waals surface area (Å²) in [6.07, 6.45) is 2.00. The van der Waals surface area contributed by atoms with Crippen LogP contribution < -0.4 is 0 Å². The number of hydrogen-bond acceptors (Lipinski definition) is 5. The van der Waals surface area contributed by atoms with Gasteiger partial charge in [0.2, 0.25) is 0 Å². The minimum Gasteiger partial charge on any atom is -0.396 e. The van der Waals surface area contributed by atoms with E-state index >= 15 is 0 Å². The van der Waals surface area contributed by atoms with Gasteiger partial charge in [-0.2, -0.15) is 0 Å². The van der Waals surface area contributed by atoms with Crippen molar-refractivity contribution in [3.8, 4) is 0 Å². The Hall–Kier alpha value is -1.76. The van der Waals surface area contributed by atoms with Crippen molar-refractivity contribution in [3.63, 3.8) is 0 Å². The topological polar surface area (TPSA) is 81.1 Å². The number of Topliss-reactive ketones (excluding diaryl/α,β-unsaturated/α-hetero) is 1. The zero-order valence-electron chi connectivity index (χ0n) is 16.0. The molecule has 0 aromatic heterocycles. The van der Waals surface area contributed by atoms with Gasteiger partial charge in [0.1, 0.15) is 0 Å². The quantitative estimate of drug-likeness (QED) is 0.733. The van der Waals surface area contributed by atoms with E-state index in [9.17, 15) is 19.8 Å². The minimum absolute atomic E-state index is 0.0639. The Morgan fingerprint density at radius 2 is 1.63 bits per heavy atom. The van der Waals surface area contributed by atoms with Crippen molar-refractivity contribution in [2.75, 3.05) is 45.9 Å². The molecular weight excluding hydrogens is 344 g/mol. The molecule has 2 heterocycles. The Kier molecular flexibility index (Phi) is 6.63. The number of benzene rings is 1. The molecule has 1 aromatic carbocycles. The highest BCUT2D eigenvalue weighted by Gasteiger charge is 2.37. The van der Waals surface area contributed by atoms with Gasteiger partial charge in [0, 0.05) is 44.3 Å². The molecule has 2 fully saturated rings. The molecule has 0 unspecified atom stereocenters. The third-order valence-electron chi connectivity index (χ3n) is 6.09. The lowest BCUT2D eigenvalue weighted by atomic mass is 9.93. The summed E-state index contributed by atoms with van der Waals surface area (Å²) in [4.78, 5) is 29.0. The Labute approximate surface area is 160 Å². The largest absolute Gasteiger partial charge is 0.396 e. The molecular formula is C21H30N2O4. The van der Waals surface area contributed by atoms with Crippen LogP contribution in [0, 0.1) is 17.8 Å². The number of aliphatic hydroxyl groups is 2. The Balaban J connectivity index is 1.65. The van der Waals surface area contributed by atoms with E-state index in [1.165, 1.54) is 6.92 Å². The molecule has 0 saturated carbocycles. The van der Waals surface area contributed by atoms with Gasteiger partial charge < -0.3 is 20.0 Å².